The summed E-state index contributed by atoms with van der Waals surface area (Å²) in [6.07, 6.45) is -5.00. The molecule has 0 spiro atoms. The highest BCUT2D eigenvalue weighted by Crippen LogP contribution is 2.14. The summed E-state index contributed by atoms with van der Waals surface area (Å²) < 4.78 is 63.3. The van der Waals surface area contributed by atoms with Crippen LogP contribution in [0.5, 0.6) is 0 Å². The van der Waals surface area contributed by atoms with Crippen LogP contribution < -0.4 is 5.32 Å². The van der Waals surface area contributed by atoms with Gasteiger partial charge in [0.2, 0.25) is 0 Å². The lowest BCUT2D eigenvalue weighted by Crippen LogP contribution is -2.38. The molecule has 0 aliphatic heterocycles. The predicted octanol–water partition coefficient (Wildman–Crippen LogP) is 1.38. The van der Waals surface area contributed by atoms with Gasteiger partial charge in [-0.25, -0.2) is 0 Å². The second-order valence-electron chi connectivity index (χ2n) is 3.84. The third-order valence-electron chi connectivity index (χ3n) is 2.19. The van der Waals surface area contributed by atoms with Gasteiger partial charge in [-0.3, -0.25) is 8.98 Å². The van der Waals surface area contributed by atoms with E-state index >= 15 is 0 Å². The van der Waals surface area contributed by atoms with Gasteiger partial charge in [0.05, 0.1) is 11.5 Å². The molecule has 112 valence electrons. The monoisotopic (exact) mass is 311 g/mol. The van der Waals surface area contributed by atoms with E-state index in [4.69, 9.17) is 0 Å². The van der Waals surface area contributed by atoms with Crippen molar-refractivity contribution in [2.24, 2.45) is 0 Å². The van der Waals surface area contributed by atoms with Gasteiger partial charge in [-0.1, -0.05) is 17.7 Å². The van der Waals surface area contributed by atoms with E-state index in [0.717, 1.165) is 5.56 Å². The fourth-order valence-corrected chi connectivity index (χ4v) is 2.10. The highest BCUT2D eigenvalue weighted by molar-refractivity contribution is 7.86. The van der Waals surface area contributed by atoms with Crippen LogP contribution in [0.4, 0.5) is 13.2 Å². The Labute approximate surface area is 113 Å². The van der Waals surface area contributed by atoms with Gasteiger partial charge in [0.25, 0.3) is 10.1 Å². The molecule has 1 aromatic rings. The zero-order chi connectivity index (χ0) is 15.4. The first-order valence-corrected chi connectivity index (χ1v) is 6.85. The standard InChI is InChI=1S/C11H12F3NO4S/c1-8-2-4-9(5-3-8)20(17,18)19-7-6-15-10(16)11(12,13)14/h2-5H,6-7H2,1H3,(H,15,16). The van der Waals surface area contributed by atoms with Gasteiger partial charge in [-0.15, -0.1) is 0 Å². The van der Waals surface area contributed by atoms with Gasteiger partial charge in [0, 0.05) is 6.54 Å². The van der Waals surface area contributed by atoms with Crippen LogP contribution >= 0.6 is 0 Å². The van der Waals surface area contributed by atoms with Gasteiger partial charge in [-0.05, 0) is 19.1 Å². The number of halogens is 3. The van der Waals surface area contributed by atoms with E-state index in [-0.39, 0.29) is 4.90 Å². The van der Waals surface area contributed by atoms with Crippen molar-refractivity contribution in [1.29, 1.82) is 0 Å². The first kappa shape index (κ1) is 16.4. The summed E-state index contributed by atoms with van der Waals surface area (Å²) in [5, 5.41) is 1.50. The molecule has 1 amide bonds. The lowest BCUT2D eigenvalue weighted by Gasteiger charge is -2.08. The molecule has 0 unspecified atom stereocenters. The molecule has 5 nitrogen and oxygen atoms in total. The first-order chi connectivity index (χ1) is 9.13. The molecule has 0 heterocycles. The Balaban J connectivity index is 2.49. The summed E-state index contributed by atoms with van der Waals surface area (Å²) in [5.74, 6) is -2.14. The molecule has 0 aromatic heterocycles. The van der Waals surface area contributed by atoms with Crippen LogP contribution in [-0.4, -0.2) is 33.7 Å². The molecule has 9 heteroatoms. The molecular formula is C11H12F3NO4S. The number of hydrogen-bond donors (Lipinski definition) is 1. The average Bonchev–Trinajstić information content (AvgIpc) is 2.33. The molecule has 1 rings (SSSR count). The van der Waals surface area contributed by atoms with Gasteiger partial charge in [0.15, 0.2) is 0 Å². The van der Waals surface area contributed by atoms with Crippen molar-refractivity contribution in [3.05, 3.63) is 29.8 Å². The molecule has 0 aliphatic carbocycles. The SMILES string of the molecule is Cc1ccc(S(=O)(=O)OCCNC(=O)C(F)(F)F)cc1. The van der Waals surface area contributed by atoms with Crippen molar-refractivity contribution in [2.45, 2.75) is 18.0 Å². The van der Waals surface area contributed by atoms with Crippen molar-refractivity contribution in [3.8, 4) is 0 Å². The maximum atomic E-state index is 11.8. The summed E-state index contributed by atoms with van der Waals surface area (Å²) in [6, 6.07) is 5.75. The third-order valence-corrected chi connectivity index (χ3v) is 3.52. The van der Waals surface area contributed by atoms with E-state index in [1.807, 2.05) is 0 Å². The largest absolute Gasteiger partial charge is 0.471 e. The molecule has 20 heavy (non-hydrogen) atoms. The zero-order valence-electron chi connectivity index (χ0n) is 10.4. The van der Waals surface area contributed by atoms with Crippen molar-refractivity contribution in [2.75, 3.05) is 13.2 Å². The summed E-state index contributed by atoms with van der Waals surface area (Å²) in [7, 11) is -4.04. The second kappa shape index (κ2) is 6.23. The van der Waals surface area contributed by atoms with Crippen molar-refractivity contribution in [1.82, 2.24) is 5.32 Å². The number of carbonyl (C=O) groups is 1. The minimum absolute atomic E-state index is 0.106. The minimum Gasteiger partial charge on any atom is -0.346 e. The molecule has 0 saturated heterocycles. The van der Waals surface area contributed by atoms with Crippen LogP contribution in [0.2, 0.25) is 0 Å². The zero-order valence-corrected chi connectivity index (χ0v) is 11.2. The van der Waals surface area contributed by atoms with E-state index in [1.165, 1.54) is 17.4 Å². The van der Waals surface area contributed by atoms with Gasteiger partial charge in [-0.2, -0.15) is 21.6 Å². The van der Waals surface area contributed by atoms with E-state index < -0.39 is 35.4 Å². The van der Waals surface area contributed by atoms with Crippen LogP contribution in [0.1, 0.15) is 5.56 Å². The molecular weight excluding hydrogens is 299 g/mol. The van der Waals surface area contributed by atoms with Crippen molar-refractivity contribution < 1.29 is 30.6 Å². The Bertz CT molecular complexity index is 566. The van der Waals surface area contributed by atoms with Gasteiger partial charge in [0.1, 0.15) is 0 Å². The smallest absolute Gasteiger partial charge is 0.346 e. The van der Waals surface area contributed by atoms with E-state index in [9.17, 15) is 26.4 Å². The molecule has 0 bridgehead atoms. The Morgan fingerprint density at radius 1 is 1.25 bits per heavy atom. The summed E-state index contributed by atoms with van der Waals surface area (Å²) in [6.45, 7) is 0.616. The first-order valence-electron chi connectivity index (χ1n) is 5.44. The second-order valence-corrected chi connectivity index (χ2v) is 5.46. The number of benzene rings is 1. The number of nitrogens with one attached hydrogen (secondary N) is 1. The normalized spacial score (nSPS) is 12.2. The number of carbonyl (C=O) groups excluding carboxylic acids is 1. The van der Waals surface area contributed by atoms with Crippen LogP contribution in [0, 0.1) is 6.92 Å². The maximum absolute atomic E-state index is 11.8. The highest BCUT2D eigenvalue weighted by atomic mass is 32.2. The molecule has 0 radical (unpaired) electrons. The molecule has 0 saturated carbocycles. The Morgan fingerprint density at radius 3 is 2.30 bits per heavy atom. The summed E-state index contributed by atoms with van der Waals surface area (Å²) in [4.78, 5) is 10.3. The van der Waals surface area contributed by atoms with Crippen LogP contribution in [0.3, 0.4) is 0 Å². The number of alkyl halides is 3. The van der Waals surface area contributed by atoms with Gasteiger partial charge >= 0.3 is 12.1 Å². The molecule has 1 aromatic carbocycles. The van der Waals surface area contributed by atoms with E-state index in [0.29, 0.717) is 0 Å². The Kier molecular flexibility index (Phi) is 5.12. The quantitative estimate of drug-likeness (QED) is 0.658. The lowest BCUT2D eigenvalue weighted by atomic mass is 10.2. The number of rotatable bonds is 5. The fraction of sp³-hybridized carbons (Fsp3) is 0.364. The minimum atomic E-state index is -5.00. The van der Waals surface area contributed by atoms with E-state index in [2.05, 4.69) is 4.18 Å². The summed E-state index contributed by atoms with van der Waals surface area (Å²) >= 11 is 0. The number of aryl methyl sites for hydroxylation is 1. The average molecular weight is 311 g/mol. The van der Waals surface area contributed by atoms with E-state index in [1.54, 1.807) is 19.1 Å². The van der Waals surface area contributed by atoms with Gasteiger partial charge < -0.3 is 5.32 Å². The topological polar surface area (TPSA) is 72.5 Å². The van der Waals surface area contributed by atoms with Crippen LogP contribution in [0.25, 0.3) is 0 Å². The summed E-state index contributed by atoms with van der Waals surface area (Å²) in [5.41, 5.74) is 0.849. The molecule has 1 N–H and O–H groups in total. The molecule has 0 aliphatic rings. The highest BCUT2D eigenvalue weighted by Gasteiger charge is 2.38. The molecule has 0 atom stereocenters. The predicted molar refractivity (Wildman–Crippen MR) is 63.4 cm³/mol. The number of amides is 1. The van der Waals surface area contributed by atoms with Crippen molar-refractivity contribution >= 4 is 16.0 Å². The number of hydrogen-bond acceptors (Lipinski definition) is 4. The third kappa shape index (κ3) is 4.82. The Hall–Kier alpha value is -1.61. The van der Waals surface area contributed by atoms with Crippen LogP contribution in [0.15, 0.2) is 29.2 Å². The van der Waals surface area contributed by atoms with Crippen molar-refractivity contribution in [3.63, 3.8) is 0 Å². The van der Waals surface area contributed by atoms with Crippen LogP contribution in [-0.2, 0) is 19.1 Å². The lowest BCUT2D eigenvalue weighted by molar-refractivity contribution is -0.173. The molecule has 0 fully saturated rings. The fourth-order valence-electron chi connectivity index (χ4n) is 1.19. The maximum Gasteiger partial charge on any atom is 0.471 e. The Morgan fingerprint density at radius 2 is 1.80 bits per heavy atom.